The van der Waals surface area contributed by atoms with E-state index in [1.54, 1.807) is 6.07 Å². The number of hydrogen-bond acceptors (Lipinski definition) is 7. The molecule has 152 valence electrons. The first kappa shape index (κ1) is 21.2. The summed E-state index contributed by atoms with van der Waals surface area (Å²) in [7, 11) is 4.22. The first-order valence-electron chi connectivity index (χ1n) is 8.84. The van der Waals surface area contributed by atoms with Crippen molar-refractivity contribution < 1.29 is 23.8 Å². The number of hydrogen-bond donors (Lipinski definition) is 1. The molecule has 9 heteroatoms. The third-order valence-electron chi connectivity index (χ3n) is 4.63. The lowest BCUT2D eigenvalue weighted by Gasteiger charge is -2.22. The van der Waals surface area contributed by atoms with Crippen LogP contribution in [-0.4, -0.2) is 48.8 Å². The van der Waals surface area contributed by atoms with Crippen molar-refractivity contribution >= 4 is 22.8 Å². The lowest BCUT2D eigenvalue weighted by molar-refractivity contribution is -0.146. The Balaban J connectivity index is 2.30. The van der Waals surface area contributed by atoms with E-state index in [0.29, 0.717) is 28.8 Å². The molecule has 0 saturated heterocycles. The number of nitrogens with one attached hydrogen (secondary N) is 1. The SMILES string of the molecule is CC[C@H](C)[C@H](NC(=O)Cn1cnc2cc(OC)c(OC)cc2c1=O)C(=O)OC. The van der Waals surface area contributed by atoms with Crippen LogP contribution >= 0.6 is 0 Å². The van der Waals surface area contributed by atoms with E-state index in [1.165, 1.54) is 38.3 Å². The van der Waals surface area contributed by atoms with Crippen molar-refractivity contribution in [2.45, 2.75) is 32.9 Å². The van der Waals surface area contributed by atoms with E-state index in [2.05, 4.69) is 10.3 Å². The van der Waals surface area contributed by atoms with Gasteiger partial charge in [0.05, 0.1) is 38.6 Å². The minimum absolute atomic E-state index is 0.112. The van der Waals surface area contributed by atoms with Gasteiger partial charge in [0, 0.05) is 6.07 Å². The van der Waals surface area contributed by atoms with Crippen LogP contribution < -0.4 is 20.3 Å². The summed E-state index contributed by atoms with van der Waals surface area (Å²) in [6.45, 7) is 3.47. The first-order chi connectivity index (χ1) is 13.4. The minimum atomic E-state index is -0.782. The van der Waals surface area contributed by atoms with E-state index in [-0.39, 0.29) is 12.5 Å². The molecule has 1 amide bonds. The Morgan fingerprint density at radius 2 is 1.82 bits per heavy atom. The van der Waals surface area contributed by atoms with Gasteiger partial charge in [-0.2, -0.15) is 0 Å². The highest BCUT2D eigenvalue weighted by Gasteiger charge is 2.26. The lowest BCUT2D eigenvalue weighted by atomic mass is 9.99. The number of nitrogens with zero attached hydrogens (tertiary/aromatic N) is 2. The maximum atomic E-state index is 12.8. The van der Waals surface area contributed by atoms with E-state index in [9.17, 15) is 14.4 Å². The first-order valence-corrected chi connectivity index (χ1v) is 8.84. The smallest absolute Gasteiger partial charge is 0.328 e. The molecule has 1 N–H and O–H groups in total. The number of benzene rings is 1. The Hall–Kier alpha value is -3.10. The topological polar surface area (TPSA) is 109 Å². The number of amides is 1. The molecule has 0 unspecified atom stereocenters. The molecule has 0 saturated carbocycles. The summed E-state index contributed by atoms with van der Waals surface area (Å²) in [5, 5.41) is 2.93. The predicted molar refractivity (Wildman–Crippen MR) is 103 cm³/mol. The number of ether oxygens (including phenoxy) is 3. The highest BCUT2D eigenvalue weighted by molar-refractivity contribution is 5.85. The monoisotopic (exact) mass is 391 g/mol. The molecule has 0 aliphatic carbocycles. The maximum absolute atomic E-state index is 12.8. The van der Waals surface area contributed by atoms with E-state index in [0.717, 1.165) is 0 Å². The molecular formula is C19H25N3O6. The van der Waals surface area contributed by atoms with Gasteiger partial charge in [0.25, 0.3) is 5.56 Å². The summed E-state index contributed by atoms with van der Waals surface area (Å²) in [6, 6.07) is 2.33. The number of fused-ring (bicyclic) bond motifs is 1. The third-order valence-corrected chi connectivity index (χ3v) is 4.63. The second-order valence-electron chi connectivity index (χ2n) is 6.36. The van der Waals surface area contributed by atoms with Crippen molar-refractivity contribution in [2.24, 2.45) is 5.92 Å². The molecule has 28 heavy (non-hydrogen) atoms. The standard InChI is InChI=1S/C19H25N3O6/c1-6-11(2)17(19(25)28-5)21-16(23)9-22-10-20-13-8-15(27-4)14(26-3)7-12(13)18(22)24/h7-8,10-11,17H,6,9H2,1-5H3,(H,21,23)/t11-,17-/m0/s1. The van der Waals surface area contributed by atoms with E-state index in [4.69, 9.17) is 14.2 Å². The molecule has 2 rings (SSSR count). The summed E-state index contributed by atoms with van der Waals surface area (Å²) in [4.78, 5) is 41.3. The fraction of sp³-hybridized carbons (Fsp3) is 0.474. The average Bonchev–Trinajstić information content (AvgIpc) is 2.71. The lowest BCUT2D eigenvalue weighted by Crippen LogP contribution is -2.47. The van der Waals surface area contributed by atoms with Gasteiger partial charge in [0.1, 0.15) is 12.6 Å². The molecule has 2 aromatic rings. The second kappa shape index (κ2) is 9.20. The Kier molecular flexibility index (Phi) is 6.97. The number of carbonyl (C=O) groups is 2. The van der Waals surface area contributed by atoms with Gasteiger partial charge in [-0.1, -0.05) is 20.3 Å². The van der Waals surface area contributed by atoms with Gasteiger partial charge in [-0.05, 0) is 12.0 Å². The van der Waals surface area contributed by atoms with Gasteiger partial charge in [0.2, 0.25) is 5.91 Å². The zero-order chi connectivity index (χ0) is 20.8. The number of esters is 1. The molecule has 0 aliphatic heterocycles. The zero-order valence-corrected chi connectivity index (χ0v) is 16.6. The van der Waals surface area contributed by atoms with Crippen molar-refractivity contribution in [3.63, 3.8) is 0 Å². The van der Waals surface area contributed by atoms with Crippen LogP contribution in [0.25, 0.3) is 10.9 Å². The van der Waals surface area contributed by atoms with Gasteiger partial charge < -0.3 is 19.5 Å². The number of methoxy groups -OCH3 is 3. The zero-order valence-electron chi connectivity index (χ0n) is 16.6. The molecule has 2 atom stereocenters. The second-order valence-corrected chi connectivity index (χ2v) is 6.36. The Morgan fingerprint density at radius 3 is 2.39 bits per heavy atom. The minimum Gasteiger partial charge on any atom is -0.493 e. The predicted octanol–water partition coefficient (Wildman–Crippen LogP) is 1.12. The number of aromatic nitrogens is 2. The molecule has 1 aromatic carbocycles. The fourth-order valence-electron chi connectivity index (χ4n) is 2.77. The van der Waals surface area contributed by atoms with Crippen LogP contribution in [-0.2, 0) is 20.9 Å². The third kappa shape index (κ3) is 4.41. The normalized spacial score (nSPS) is 12.9. The van der Waals surface area contributed by atoms with Crippen molar-refractivity contribution in [3.05, 3.63) is 28.8 Å². The Labute approximate surface area is 162 Å². The summed E-state index contributed by atoms with van der Waals surface area (Å²) >= 11 is 0. The largest absolute Gasteiger partial charge is 0.493 e. The highest BCUT2D eigenvalue weighted by Crippen LogP contribution is 2.29. The number of rotatable bonds is 8. The van der Waals surface area contributed by atoms with Gasteiger partial charge >= 0.3 is 5.97 Å². The fourth-order valence-corrected chi connectivity index (χ4v) is 2.77. The molecular weight excluding hydrogens is 366 g/mol. The van der Waals surface area contributed by atoms with E-state index < -0.39 is 23.5 Å². The van der Waals surface area contributed by atoms with Gasteiger partial charge in [-0.25, -0.2) is 9.78 Å². The van der Waals surface area contributed by atoms with Crippen LogP contribution in [0.5, 0.6) is 11.5 Å². The molecule has 9 nitrogen and oxygen atoms in total. The molecule has 0 aliphatic rings. The van der Waals surface area contributed by atoms with Gasteiger partial charge in [0.15, 0.2) is 11.5 Å². The van der Waals surface area contributed by atoms with Gasteiger partial charge in [-0.3, -0.25) is 14.2 Å². The summed E-state index contributed by atoms with van der Waals surface area (Å²) < 4.78 is 16.4. The van der Waals surface area contributed by atoms with E-state index in [1.807, 2.05) is 13.8 Å². The van der Waals surface area contributed by atoms with Crippen LogP contribution in [0.2, 0.25) is 0 Å². The molecule has 0 fully saturated rings. The quantitative estimate of drug-likeness (QED) is 0.672. The number of carbonyl (C=O) groups excluding carboxylic acids is 2. The molecule has 1 aromatic heterocycles. The maximum Gasteiger partial charge on any atom is 0.328 e. The Morgan fingerprint density at radius 1 is 1.18 bits per heavy atom. The summed E-state index contributed by atoms with van der Waals surface area (Å²) in [5.74, 6) is -0.284. The van der Waals surface area contributed by atoms with E-state index >= 15 is 0 Å². The van der Waals surface area contributed by atoms with Crippen LogP contribution in [0.4, 0.5) is 0 Å². The highest BCUT2D eigenvalue weighted by atomic mass is 16.5. The molecule has 0 radical (unpaired) electrons. The molecule has 0 bridgehead atoms. The van der Waals surface area contributed by atoms with Crippen molar-refractivity contribution in [3.8, 4) is 11.5 Å². The molecule has 0 spiro atoms. The average molecular weight is 391 g/mol. The summed E-state index contributed by atoms with van der Waals surface area (Å²) in [5.41, 5.74) is 0.0191. The molecule has 1 heterocycles. The van der Waals surface area contributed by atoms with Crippen LogP contribution in [0.1, 0.15) is 20.3 Å². The van der Waals surface area contributed by atoms with Crippen molar-refractivity contribution in [1.29, 1.82) is 0 Å². The van der Waals surface area contributed by atoms with Crippen molar-refractivity contribution in [2.75, 3.05) is 21.3 Å². The van der Waals surface area contributed by atoms with Crippen LogP contribution in [0, 0.1) is 5.92 Å². The van der Waals surface area contributed by atoms with Crippen LogP contribution in [0.3, 0.4) is 0 Å². The van der Waals surface area contributed by atoms with Crippen LogP contribution in [0.15, 0.2) is 23.3 Å². The van der Waals surface area contributed by atoms with Gasteiger partial charge in [-0.15, -0.1) is 0 Å². The van der Waals surface area contributed by atoms with Crippen molar-refractivity contribution in [1.82, 2.24) is 14.9 Å². The Bertz CT molecular complexity index is 924. The summed E-state index contributed by atoms with van der Waals surface area (Å²) in [6.07, 6.45) is 1.96.